The van der Waals surface area contributed by atoms with Gasteiger partial charge in [0.1, 0.15) is 0 Å². The molecule has 0 bridgehead atoms. The molecule has 0 saturated heterocycles. The maximum Gasteiger partial charge on any atom is 0.0591 e. The van der Waals surface area contributed by atoms with Crippen molar-refractivity contribution in [3.63, 3.8) is 0 Å². The average molecular weight is 404 g/mol. The summed E-state index contributed by atoms with van der Waals surface area (Å²) >= 11 is 0. The summed E-state index contributed by atoms with van der Waals surface area (Å²) in [6.07, 6.45) is 16.9. The SMILES string of the molecule is C[C@H](CCCC(C)(C)O)[C@H]1CC[C@H]2/C(=[13CH]/C=C3/C[C@@H](O)CCC3=[13CH2])[13CH2]CC[C@]12C. The van der Waals surface area contributed by atoms with Crippen LogP contribution in [0.2, 0.25) is 0 Å². The van der Waals surface area contributed by atoms with E-state index in [0.717, 1.165) is 49.9 Å². The third-order valence-electron chi connectivity index (χ3n) is 8.36. The van der Waals surface area contributed by atoms with E-state index in [1.165, 1.54) is 49.7 Å². The summed E-state index contributed by atoms with van der Waals surface area (Å²) in [5, 5.41) is 20.1. The zero-order valence-electron chi connectivity index (χ0n) is 19.3. The molecule has 29 heavy (non-hydrogen) atoms. The summed E-state index contributed by atoms with van der Waals surface area (Å²) in [4.78, 5) is 0. The van der Waals surface area contributed by atoms with Gasteiger partial charge in [-0.3, -0.25) is 0 Å². The Labute approximate surface area is 179 Å². The van der Waals surface area contributed by atoms with E-state index >= 15 is 0 Å². The summed E-state index contributed by atoms with van der Waals surface area (Å²) in [5.41, 5.74) is 4.02. The molecule has 164 valence electrons. The van der Waals surface area contributed by atoms with E-state index in [1.807, 2.05) is 13.8 Å². The minimum Gasteiger partial charge on any atom is -0.393 e. The molecule has 0 radical (unpaired) electrons. The van der Waals surface area contributed by atoms with Crippen molar-refractivity contribution in [1.29, 1.82) is 0 Å². The zero-order chi connectivity index (χ0) is 21.2. The second kappa shape index (κ2) is 9.10. The van der Waals surface area contributed by atoms with Crippen molar-refractivity contribution in [2.45, 2.75) is 110 Å². The largest absolute Gasteiger partial charge is 0.393 e. The predicted octanol–water partition coefficient (Wildman–Crippen LogP) is 6.73. The topological polar surface area (TPSA) is 40.5 Å². The lowest BCUT2D eigenvalue weighted by molar-refractivity contribution is 0.0596. The van der Waals surface area contributed by atoms with Gasteiger partial charge in [-0.25, -0.2) is 0 Å². The molecule has 3 fully saturated rings. The van der Waals surface area contributed by atoms with E-state index < -0.39 is 5.60 Å². The average Bonchev–Trinajstić information content (AvgIpc) is 2.99. The van der Waals surface area contributed by atoms with E-state index in [1.54, 1.807) is 5.57 Å². The predicted molar refractivity (Wildman–Crippen MR) is 123 cm³/mol. The first-order chi connectivity index (χ1) is 13.6. The van der Waals surface area contributed by atoms with E-state index in [0.29, 0.717) is 5.41 Å². The molecule has 0 unspecified atom stereocenters. The molecule has 0 aromatic rings. The first kappa shape index (κ1) is 22.8. The Hall–Kier alpha value is -0.860. The van der Waals surface area contributed by atoms with Gasteiger partial charge in [0.25, 0.3) is 0 Å². The van der Waals surface area contributed by atoms with Crippen LogP contribution in [0, 0.1) is 23.2 Å². The molecule has 5 atom stereocenters. The summed E-state index contributed by atoms with van der Waals surface area (Å²) in [6, 6.07) is 0. The van der Waals surface area contributed by atoms with Crippen LogP contribution in [0.15, 0.2) is 35.5 Å². The van der Waals surface area contributed by atoms with Crippen LogP contribution in [0.5, 0.6) is 0 Å². The molecule has 0 amide bonds. The van der Waals surface area contributed by atoms with Gasteiger partial charge in [0.2, 0.25) is 0 Å². The minimum atomic E-state index is -0.535. The van der Waals surface area contributed by atoms with E-state index in [2.05, 4.69) is 32.6 Å². The molecule has 0 aromatic heterocycles. The molecule has 0 aromatic carbocycles. The van der Waals surface area contributed by atoms with E-state index in [-0.39, 0.29) is 6.10 Å². The number of fused-ring (bicyclic) bond motifs is 1. The van der Waals surface area contributed by atoms with Gasteiger partial charge in [-0.05, 0) is 100 Å². The Morgan fingerprint density at radius 3 is 2.69 bits per heavy atom. The van der Waals surface area contributed by atoms with Crippen molar-refractivity contribution in [1.82, 2.24) is 0 Å². The van der Waals surface area contributed by atoms with Crippen molar-refractivity contribution < 1.29 is 10.2 Å². The van der Waals surface area contributed by atoms with Crippen molar-refractivity contribution in [3.8, 4) is 0 Å². The van der Waals surface area contributed by atoms with Gasteiger partial charge in [-0.1, -0.05) is 56.6 Å². The highest BCUT2D eigenvalue weighted by molar-refractivity contribution is 5.36. The maximum atomic E-state index is 10.0. The van der Waals surface area contributed by atoms with Crippen LogP contribution in [0.3, 0.4) is 0 Å². The van der Waals surface area contributed by atoms with Crippen molar-refractivity contribution in [2.75, 3.05) is 0 Å². The fraction of sp³-hybridized carbons (Fsp3) is 0.778. The number of hydrogen-bond acceptors (Lipinski definition) is 2. The quantitative estimate of drug-likeness (QED) is 0.482. The van der Waals surface area contributed by atoms with E-state index in [9.17, 15) is 10.2 Å². The molecule has 3 saturated carbocycles. The van der Waals surface area contributed by atoms with Crippen LogP contribution in [-0.4, -0.2) is 21.9 Å². The standard InChI is InChI=1S/C27H44O2/c1-19-10-13-23(28)18-22(19)12-11-21-9-7-17-27(5)24(14-15-25(21)27)20(2)8-6-16-26(3,4)29/h11-12,20,23-25,28-29H,1,6-10,13-18H2,2-5H3/b21-11+,22-12-/t20-,23+,24-,25+,27-/m1/s1/i1+1,9+1,11+1. The highest BCUT2D eigenvalue weighted by Crippen LogP contribution is 2.60. The second-order valence-corrected chi connectivity index (χ2v) is 11.2. The number of hydrogen-bond donors (Lipinski definition) is 2. The number of aliphatic hydroxyl groups is 2. The Morgan fingerprint density at radius 1 is 1.21 bits per heavy atom. The number of aliphatic hydroxyl groups excluding tert-OH is 1. The lowest BCUT2D eigenvalue weighted by Crippen LogP contribution is -2.36. The summed E-state index contributed by atoms with van der Waals surface area (Å²) in [5.74, 6) is 2.26. The summed E-state index contributed by atoms with van der Waals surface area (Å²) < 4.78 is 0. The Morgan fingerprint density at radius 2 is 1.97 bits per heavy atom. The van der Waals surface area contributed by atoms with Crippen LogP contribution < -0.4 is 0 Å². The van der Waals surface area contributed by atoms with E-state index in [4.69, 9.17) is 0 Å². The van der Waals surface area contributed by atoms with Gasteiger partial charge in [-0.2, -0.15) is 0 Å². The van der Waals surface area contributed by atoms with Gasteiger partial charge in [0, 0.05) is 0 Å². The molecule has 3 aliphatic rings. The summed E-state index contributed by atoms with van der Waals surface area (Å²) in [7, 11) is 0. The molecule has 0 heterocycles. The molecule has 3 rings (SSSR count). The van der Waals surface area contributed by atoms with Gasteiger partial charge in [0.05, 0.1) is 11.7 Å². The molecule has 2 nitrogen and oxygen atoms in total. The molecule has 2 heteroatoms. The first-order valence-electron chi connectivity index (χ1n) is 12.1. The van der Waals surface area contributed by atoms with Crippen LogP contribution in [-0.2, 0) is 0 Å². The lowest BCUT2D eigenvalue weighted by Gasteiger charge is -2.44. The van der Waals surface area contributed by atoms with Crippen LogP contribution in [0.25, 0.3) is 0 Å². The first-order valence-corrected chi connectivity index (χ1v) is 12.1. The monoisotopic (exact) mass is 403 g/mol. The fourth-order valence-corrected chi connectivity index (χ4v) is 6.67. The lowest BCUT2D eigenvalue weighted by atomic mass is 9.63. The molecular weight excluding hydrogens is 359 g/mol. The molecule has 0 aliphatic heterocycles. The second-order valence-electron chi connectivity index (χ2n) is 11.2. The van der Waals surface area contributed by atoms with Crippen LogP contribution >= 0.6 is 0 Å². The van der Waals surface area contributed by atoms with Crippen LogP contribution in [0.4, 0.5) is 0 Å². The van der Waals surface area contributed by atoms with Gasteiger partial charge in [-0.15, -0.1) is 0 Å². The summed E-state index contributed by atoms with van der Waals surface area (Å²) in [6.45, 7) is 13.1. The Balaban J connectivity index is 1.68. The molecule has 0 spiro atoms. The Bertz CT molecular complexity index is 650. The number of rotatable bonds is 6. The minimum absolute atomic E-state index is 0.192. The zero-order valence-corrected chi connectivity index (χ0v) is 19.3. The number of allylic oxidation sites excluding steroid dienone is 4. The van der Waals surface area contributed by atoms with Crippen molar-refractivity contribution >= 4 is 0 Å². The third-order valence-corrected chi connectivity index (χ3v) is 8.36. The Kier molecular flexibility index (Phi) is 7.16. The molecule has 3 aliphatic carbocycles. The normalized spacial score (nSPS) is 37.2. The highest BCUT2D eigenvalue weighted by atomic mass is 16.3. The van der Waals surface area contributed by atoms with Crippen molar-refractivity contribution in [2.24, 2.45) is 23.2 Å². The van der Waals surface area contributed by atoms with Crippen LogP contribution in [0.1, 0.15) is 98.3 Å². The van der Waals surface area contributed by atoms with Gasteiger partial charge < -0.3 is 10.2 Å². The smallest absolute Gasteiger partial charge is 0.0591 e. The van der Waals surface area contributed by atoms with Gasteiger partial charge >= 0.3 is 0 Å². The van der Waals surface area contributed by atoms with Gasteiger partial charge in [0.15, 0.2) is 0 Å². The maximum absolute atomic E-state index is 10.0. The fourth-order valence-electron chi connectivity index (χ4n) is 6.67. The third kappa shape index (κ3) is 5.44. The molecule has 2 N–H and O–H groups in total. The van der Waals surface area contributed by atoms with Crippen molar-refractivity contribution in [3.05, 3.63) is 35.5 Å². The molecular formula is C27H44O2. The highest BCUT2D eigenvalue weighted by Gasteiger charge is 2.50.